The van der Waals surface area contributed by atoms with Crippen LogP contribution in [0.25, 0.3) is 0 Å². The van der Waals surface area contributed by atoms with Gasteiger partial charge in [-0.1, -0.05) is 0 Å². The Kier molecular flexibility index (Phi) is 5.07. The van der Waals surface area contributed by atoms with Gasteiger partial charge in [0, 0.05) is 13.2 Å². The lowest BCUT2D eigenvalue weighted by molar-refractivity contribution is 0.102. The first-order valence-electron chi connectivity index (χ1n) is 6.85. The summed E-state index contributed by atoms with van der Waals surface area (Å²) in [6.45, 7) is 5.92. The van der Waals surface area contributed by atoms with Crippen molar-refractivity contribution in [2.24, 2.45) is 5.92 Å². The first-order chi connectivity index (χ1) is 7.84. The largest absolute Gasteiger partial charge is 0.378 e. The van der Waals surface area contributed by atoms with Gasteiger partial charge in [0.05, 0.1) is 6.10 Å². The van der Waals surface area contributed by atoms with Crippen molar-refractivity contribution in [1.82, 2.24) is 10.2 Å². The van der Waals surface area contributed by atoms with Gasteiger partial charge in [0.1, 0.15) is 0 Å². The van der Waals surface area contributed by atoms with E-state index < -0.39 is 0 Å². The molecule has 3 heteroatoms. The Labute approximate surface area is 99.5 Å². The van der Waals surface area contributed by atoms with Crippen molar-refractivity contribution in [3.05, 3.63) is 0 Å². The average Bonchev–Trinajstić information content (AvgIpc) is 2.89. The zero-order valence-electron chi connectivity index (χ0n) is 10.6. The molecule has 3 nitrogen and oxygen atoms in total. The molecular formula is C13H26N2O. The molecule has 0 aromatic rings. The SMILES string of the molecule is CN1CCC(CNCCCC2CCCO2)C1. The number of hydrogen-bond donors (Lipinski definition) is 1. The summed E-state index contributed by atoms with van der Waals surface area (Å²) in [4.78, 5) is 2.43. The van der Waals surface area contributed by atoms with E-state index in [4.69, 9.17) is 4.74 Å². The number of hydrogen-bond acceptors (Lipinski definition) is 3. The average molecular weight is 226 g/mol. The van der Waals surface area contributed by atoms with Gasteiger partial charge in [-0.3, -0.25) is 0 Å². The molecule has 0 spiro atoms. The third kappa shape index (κ3) is 4.04. The van der Waals surface area contributed by atoms with E-state index in [1.807, 2.05) is 0 Å². The number of rotatable bonds is 6. The van der Waals surface area contributed by atoms with Crippen molar-refractivity contribution < 1.29 is 4.74 Å². The van der Waals surface area contributed by atoms with Gasteiger partial charge in [0.2, 0.25) is 0 Å². The molecule has 0 bridgehead atoms. The van der Waals surface area contributed by atoms with E-state index in [0.717, 1.165) is 12.5 Å². The van der Waals surface area contributed by atoms with E-state index in [-0.39, 0.29) is 0 Å². The molecule has 0 aromatic heterocycles. The zero-order chi connectivity index (χ0) is 11.2. The van der Waals surface area contributed by atoms with Gasteiger partial charge in [-0.05, 0) is 64.7 Å². The molecule has 2 aliphatic heterocycles. The molecule has 1 N–H and O–H groups in total. The fourth-order valence-corrected chi connectivity index (χ4v) is 2.83. The Morgan fingerprint density at radius 3 is 3.00 bits per heavy atom. The second-order valence-corrected chi connectivity index (χ2v) is 5.40. The number of ether oxygens (including phenoxy) is 1. The van der Waals surface area contributed by atoms with Crippen LogP contribution in [-0.2, 0) is 4.74 Å². The second kappa shape index (κ2) is 6.58. The molecule has 2 fully saturated rings. The maximum atomic E-state index is 5.61. The summed E-state index contributed by atoms with van der Waals surface area (Å²) < 4.78 is 5.61. The molecule has 2 heterocycles. The Bertz CT molecular complexity index is 192. The standard InChI is InChI=1S/C13H26N2O/c1-15-8-6-12(11-15)10-14-7-2-4-13-5-3-9-16-13/h12-14H,2-11H2,1H3. The van der Waals surface area contributed by atoms with E-state index >= 15 is 0 Å². The van der Waals surface area contributed by atoms with Crippen LogP contribution in [0.15, 0.2) is 0 Å². The van der Waals surface area contributed by atoms with Crippen LogP contribution < -0.4 is 5.32 Å². The van der Waals surface area contributed by atoms with Crippen molar-refractivity contribution >= 4 is 0 Å². The molecule has 0 aliphatic carbocycles. The molecule has 94 valence electrons. The van der Waals surface area contributed by atoms with Gasteiger partial charge in [0.15, 0.2) is 0 Å². The highest BCUT2D eigenvalue weighted by Gasteiger charge is 2.18. The third-order valence-electron chi connectivity index (χ3n) is 3.83. The lowest BCUT2D eigenvalue weighted by atomic mass is 10.1. The summed E-state index contributed by atoms with van der Waals surface area (Å²) in [6.07, 6.45) is 7.01. The van der Waals surface area contributed by atoms with Gasteiger partial charge in [-0.25, -0.2) is 0 Å². The molecule has 0 radical (unpaired) electrons. The smallest absolute Gasteiger partial charge is 0.0576 e. The lowest BCUT2D eigenvalue weighted by Gasteiger charge is -2.12. The van der Waals surface area contributed by atoms with Crippen molar-refractivity contribution in [2.75, 3.05) is 39.8 Å². The summed E-state index contributed by atoms with van der Waals surface area (Å²) in [5.41, 5.74) is 0. The zero-order valence-corrected chi connectivity index (χ0v) is 10.6. The van der Waals surface area contributed by atoms with Gasteiger partial charge >= 0.3 is 0 Å². The van der Waals surface area contributed by atoms with Crippen molar-refractivity contribution in [3.63, 3.8) is 0 Å². The monoisotopic (exact) mass is 226 g/mol. The molecule has 2 rings (SSSR count). The Hall–Kier alpha value is -0.120. The molecular weight excluding hydrogens is 200 g/mol. The van der Waals surface area contributed by atoms with Crippen LogP contribution >= 0.6 is 0 Å². The predicted molar refractivity (Wildman–Crippen MR) is 66.7 cm³/mol. The molecule has 2 atom stereocenters. The van der Waals surface area contributed by atoms with Gasteiger partial charge in [-0.15, -0.1) is 0 Å². The molecule has 0 saturated carbocycles. The molecule has 0 aromatic carbocycles. The highest BCUT2D eigenvalue weighted by atomic mass is 16.5. The normalized spacial score (nSPS) is 31.3. The van der Waals surface area contributed by atoms with Crippen molar-refractivity contribution in [1.29, 1.82) is 0 Å². The quantitative estimate of drug-likeness (QED) is 0.694. The maximum Gasteiger partial charge on any atom is 0.0576 e. The molecule has 16 heavy (non-hydrogen) atoms. The molecule has 2 saturated heterocycles. The van der Waals surface area contributed by atoms with Crippen LogP contribution in [0.5, 0.6) is 0 Å². The van der Waals surface area contributed by atoms with Crippen molar-refractivity contribution in [2.45, 2.75) is 38.2 Å². The minimum atomic E-state index is 0.569. The van der Waals surface area contributed by atoms with Crippen molar-refractivity contribution in [3.8, 4) is 0 Å². The summed E-state index contributed by atoms with van der Waals surface area (Å²) in [7, 11) is 2.22. The van der Waals surface area contributed by atoms with Gasteiger partial charge in [-0.2, -0.15) is 0 Å². The highest BCUT2D eigenvalue weighted by molar-refractivity contribution is 4.74. The van der Waals surface area contributed by atoms with Crippen LogP contribution in [0.3, 0.4) is 0 Å². The Morgan fingerprint density at radius 1 is 1.38 bits per heavy atom. The molecule has 2 aliphatic rings. The second-order valence-electron chi connectivity index (χ2n) is 5.40. The van der Waals surface area contributed by atoms with E-state index in [1.54, 1.807) is 0 Å². The number of nitrogens with zero attached hydrogens (tertiary/aromatic N) is 1. The van der Waals surface area contributed by atoms with Crippen LogP contribution in [0.2, 0.25) is 0 Å². The number of nitrogens with one attached hydrogen (secondary N) is 1. The van der Waals surface area contributed by atoms with Crippen LogP contribution in [0.4, 0.5) is 0 Å². The molecule has 2 unspecified atom stereocenters. The van der Waals surface area contributed by atoms with Crippen LogP contribution in [0.1, 0.15) is 32.1 Å². The topological polar surface area (TPSA) is 24.5 Å². The van der Waals surface area contributed by atoms with E-state index in [1.165, 1.54) is 58.3 Å². The first kappa shape index (κ1) is 12.3. The Morgan fingerprint density at radius 2 is 2.31 bits per heavy atom. The fraction of sp³-hybridized carbons (Fsp3) is 1.00. The first-order valence-corrected chi connectivity index (χ1v) is 6.85. The minimum absolute atomic E-state index is 0.569. The highest BCUT2D eigenvalue weighted by Crippen LogP contribution is 2.16. The van der Waals surface area contributed by atoms with Crippen LogP contribution in [-0.4, -0.2) is 50.8 Å². The van der Waals surface area contributed by atoms with E-state index in [2.05, 4.69) is 17.3 Å². The van der Waals surface area contributed by atoms with E-state index in [0.29, 0.717) is 6.10 Å². The Balaban J connectivity index is 1.43. The summed E-state index contributed by atoms with van der Waals surface area (Å²) in [5, 5.41) is 3.59. The summed E-state index contributed by atoms with van der Waals surface area (Å²) in [6, 6.07) is 0. The predicted octanol–water partition coefficient (Wildman–Crippen LogP) is 1.49. The number of likely N-dealkylation sites (tertiary alicyclic amines) is 1. The van der Waals surface area contributed by atoms with Gasteiger partial charge < -0.3 is 15.0 Å². The summed E-state index contributed by atoms with van der Waals surface area (Å²) >= 11 is 0. The lowest BCUT2D eigenvalue weighted by Crippen LogP contribution is -2.26. The third-order valence-corrected chi connectivity index (χ3v) is 3.83. The summed E-state index contributed by atoms with van der Waals surface area (Å²) in [5.74, 6) is 0.882. The fourth-order valence-electron chi connectivity index (χ4n) is 2.83. The minimum Gasteiger partial charge on any atom is -0.378 e. The van der Waals surface area contributed by atoms with Crippen LogP contribution in [0, 0.1) is 5.92 Å². The van der Waals surface area contributed by atoms with E-state index in [9.17, 15) is 0 Å². The molecule has 0 amide bonds. The van der Waals surface area contributed by atoms with Gasteiger partial charge in [0.25, 0.3) is 0 Å². The maximum absolute atomic E-state index is 5.61.